The van der Waals surface area contributed by atoms with Gasteiger partial charge in [-0.25, -0.2) is 9.78 Å². The zero-order valence-electron chi connectivity index (χ0n) is 12.1. The van der Waals surface area contributed by atoms with Crippen molar-refractivity contribution >= 4 is 11.8 Å². The van der Waals surface area contributed by atoms with Crippen LogP contribution in [0.15, 0.2) is 36.8 Å². The quantitative estimate of drug-likeness (QED) is 0.590. The first-order valence-electron chi connectivity index (χ1n) is 6.34. The molecule has 7 heteroatoms. The molecule has 0 aliphatic rings. The minimum Gasteiger partial charge on any atom is -0.493 e. The number of carbonyl (C=O) groups is 2. The molecule has 1 heterocycles. The summed E-state index contributed by atoms with van der Waals surface area (Å²) >= 11 is 0. The predicted molar refractivity (Wildman–Crippen MR) is 76.2 cm³/mol. The normalized spacial score (nSPS) is 9.91. The average Bonchev–Trinajstić information content (AvgIpc) is 2.59. The van der Waals surface area contributed by atoms with Gasteiger partial charge in [0.15, 0.2) is 29.6 Å². The van der Waals surface area contributed by atoms with Crippen molar-refractivity contribution in [3.63, 3.8) is 0 Å². The second-order valence-corrected chi connectivity index (χ2v) is 4.16. The Morgan fingerprint density at radius 3 is 2.50 bits per heavy atom. The van der Waals surface area contributed by atoms with Gasteiger partial charge in [-0.3, -0.25) is 9.78 Å². The number of rotatable bonds is 6. The molecule has 0 saturated heterocycles. The molecule has 0 N–H and O–H groups in total. The van der Waals surface area contributed by atoms with Gasteiger partial charge in [0, 0.05) is 18.0 Å². The summed E-state index contributed by atoms with van der Waals surface area (Å²) in [6, 6.07) is 4.70. The fourth-order valence-corrected chi connectivity index (χ4v) is 1.70. The van der Waals surface area contributed by atoms with Crippen LogP contribution in [0.3, 0.4) is 0 Å². The van der Waals surface area contributed by atoms with Crippen LogP contribution in [0.25, 0.3) is 0 Å². The molecule has 0 spiro atoms. The summed E-state index contributed by atoms with van der Waals surface area (Å²) in [6.07, 6.45) is 4.07. The number of aromatic nitrogens is 2. The number of ketones is 1. The molecule has 0 aliphatic carbocycles. The van der Waals surface area contributed by atoms with Crippen molar-refractivity contribution in [3.05, 3.63) is 48.0 Å². The van der Waals surface area contributed by atoms with Crippen molar-refractivity contribution in [2.75, 3.05) is 20.8 Å². The van der Waals surface area contributed by atoms with Gasteiger partial charge in [-0.05, 0) is 18.2 Å². The van der Waals surface area contributed by atoms with Gasteiger partial charge in [0.25, 0.3) is 0 Å². The van der Waals surface area contributed by atoms with Crippen LogP contribution in [0, 0.1) is 0 Å². The van der Waals surface area contributed by atoms with E-state index in [4.69, 9.17) is 14.2 Å². The van der Waals surface area contributed by atoms with Gasteiger partial charge < -0.3 is 14.2 Å². The zero-order valence-corrected chi connectivity index (χ0v) is 12.1. The van der Waals surface area contributed by atoms with Crippen molar-refractivity contribution in [3.8, 4) is 11.5 Å². The summed E-state index contributed by atoms with van der Waals surface area (Å²) < 4.78 is 15.1. The first-order chi connectivity index (χ1) is 10.7. The van der Waals surface area contributed by atoms with Gasteiger partial charge in [-0.2, -0.15) is 0 Å². The van der Waals surface area contributed by atoms with Crippen molar-refractivity contribution in [1.29, 1.82) is 0 Å². The second-order valence-electron chi connectivity index (χ2n) is 4.16. The lowest BCUT2D eigenvalue weighted by Crippen LogP contribution is -2.15. The summed E-state index contributed by atoms with van der Waals surface area (Å²) in [6.45, 7) is -0.398. The maximum atomic E-state index is 12.0. The Hall–Kier alpha value is -2.96. The van der Waals surface area contributed by atoms with E-state index in [-0.39, 0.29) is 11.5 Å². The highest BCUT2D eigenvalue weighted by molar-refractivity contribution is 5.99. The molecule has 0 amide bonds. The highest BCUT2D eigenvalue weighted by atomic mass is 16.5. The van der Waals surface area contributed by atoms with Crippen LogP contribution in [-0.2, 0) is 4.74 Å². The third kappa shape index (κ3) is 3.57. The van der Waals surface area contributed by atoms with E-state index in [1.807, 2.05) is 0 Å². The lowest BCUT2D eigenvalue weighted by Gasteiger charge is -2.09. The van der Waals surface area contributed by atoms with Gasteiger partial charge in [0.1, 0.15) is 0 Å². The van der Waals surface area contributed by atoms with E-state index in [0.29, 0.717) is 17.1 Å². The number of hydrogen-bond acceptors (Lipinski definition) is 7. The maximum Gasteiger partial charge on any atom is 0.358 e. The molecule has 114 valence electrons. The molecule has 2 aromatic rings. The number of carbonyl (C=O) groups excluding carboxylic acids is 2. The fourth-order valence-electron chi connectivity index (χ4n) is 1.70. The molecule has 0 radical (unpaired) electrons. The van der Waals surface area contributed by atoms with Crippen LogP contribution in [0.1, 0.15) is 20.8 Å². The van der Waals surface area contributed by atoms with Crippen LogP contribution in [0.4, 0.5) is 0 Å². The highest BCUT2D eigenvalue weighted by Crippen LogP contribution is 2.27. The zero-order chi connectivity index (χ0) is 15.9. The molecule has 7 nitrogen and oxygen atoms in total. The largest absolute Gasteiger partial charge is 0.493 e. The van der Waals surface area contributed by atoms with Gasteiger partial charge >= 0.3 is 5.97 Å². The van der Waals surface area contributed by atoms with E-state index < -0.39 is 12.6 Å². The molecule has 2 rings (SSSR count). The summed E-state index contributed by atoms with van der Waals surface area (Å²) in [5.74, 6) is -0.135. The molecule has 0 saturated carbocycles. The van der Waals surface area contributed by atoms with Crippen molar-refractivity contribution in [2.45, 2.75) is 0 Å². The van der Waals surface area contributed by atoms with Crippen LogP contribution in [0.5, 0.6) is 11.5 Å². The van der Waals surface area contributed by atoms with E-state index in [1.165, 1.54) is 38.9 Å². The number of benzene rings is 1. The highest BCUT2D eigenvalue weighted by Gasteiger charge is 2.14. The van der Waals surface area contributed by atoms with Crippen molar-refractivity contribution < 1.29 is 23.8 Å². The van der Waals surface area contributed by atoms with Gasteiger partial charge in [-0.1, -0.05) is 0 Å². The Morgan fingerprint density at radius 1 is 1.09 bits per heavy atom. The molecule has 0 unspecified atom stereocenters. The molecular weight excluding hydrogens is 288 g/mol. The van der Waals surface area contributed by atoms with Crippen LogP contribution in [-0.4, -0.2) is 42.5 Å². The number of nitrogens with zero attached hydrogens (tertiary/aromatic N) is 2. The number of hydrogen-bond donors (Lipinski definition) is 0. The van der Waals surface area contributed by atoms with E-state index >= 15 is 0 Å². The smallest absolute Gasteiger partial charge is 0.358 e. The summed E-state index contributed by atoms with van der Waals surface area (Å²) in [5, 5.41) is 0. The second kappa shape index (κ2) is 7.16. The third-order valence-corrected chi connectivity index (χ3v) is 2.81. The maximum absolute atomic E-state index is 12.0. The fraction of sp³-hybridized carbons (Fsp3) is 0.200. The lowest BCUT2D eigenvalue weighted by molar-refractivity contribution is 0.0468. The summed E-state index contributed by atoms with van der Waals surface area (Å²) in [7, 11) is 2.97. The topological polar surface area (TPSA) is 87.6 Å². The molecule has 0 aliphatic heterocycles. The molecule has 0 bridgehead atoms. The number of Topliss-reactive ketones (excluding diaryl/α,β-unsaturated/α-hetero) is 1. The monoisotopic (exact) mass is 302 g/mol. The Balaban J connectivity index is 2.02. The van der Waals surface area contributed by atoms with E-state index in [0.717, 1.165) is 0 Å². The Morgan fingerprint density at radius 2 is 1.86 bits per heavy atom. The van der Waals surface area contributed by atoms with Crippen molar-refractivity contribution in [2.24, 2.45) is 0 Å². The van der Waals surface area contributed by atoms with Crippen LogP contribution < -0.4 is 9.47 Å². The van der Waals surface area contributed by atoms with E-state index in [2.05, 4.69) is 9.97 Å². The minimum atomic E-state index is -0.707. The lowest BCUT2D eigenvalue weighted by atomic mass is 10.1. The van der Waals surface area contributed by atoms with Gasteiger partial charge in [-0.15, -0.1) is 0 Å². The molecule has 0 fully saturated rings. The van der Waals surface area contributed by atoms with Crippen molar-refractivity contribution in [1.82, 2.24) is 9.97 Å². The van der Waals surface area contributed by atoms with Crippen LogP contribution >= 0.6 is 0 Å². The molecular formula is C15H14N2O5. The molecule has 1 aromatic carbocycles. The summed E-state index contributed by atoms with van der Waals surface area (Å²) in [4.78, 5) is 31.3. The van der Waals surface area contributed by atoms with Gasteiger partial charge in [0.2, 0.25) is 0 Å². The average molecular weight is 302 g/mol. The molecule has 1 aromatic heterocycles. The first kappa shape index (κ1) is 15.4. The Labute approximate surface area is 126 Å². The summed E-state index contributed by atoms with van der Waals surface area (Å²) in [5.41, 5.74) is 0.396. The number of ether oxygens (including phenoxy) is 3. The SMILES string of the molecule is COc1ccc(C(=O)COC(=O)c2cnccn2)cc1OC. The third-order valence-electron chi connectivity index (χ3n) is 2.81. The predicted octanol–water partition coefficient (Wildman–Crippen LogP) is 1.53. The van der Waals surface area contributed by atoms with E-state index in [9.17, 15) is 9.59 Å². The van der Waals surface area contributed by atoms with Gasteiger partial charge in [0.05, 0.1) is 20.4 Å². The first-order valence-corrected chi connectivity index (χ1v) is 6.34. The van der Waals surface area contributed by atoms with E-state index in [1.54, 1.807) is 12.1 Å². The number of esters is 1. The Bertz CT molecular complexity index is 673. The molecule has 22 heavy (non-hydrogen) atoms. The van der Waals surface area contributed by atoms with Crippen LogP contribution in [0.2, 0.25) is 0 Å². The Kier molecular flexibility index (Phi) is 5.02. The number of methoxy groups -OCH3 is 2. The minimum absolute atomic E-state index is 0.0441. The standard InChI is InChI=1S/C15H14N2O5/c1-20-13-4-3-10(7-14(13)21-2)12(18)9-22-15(19)11-8-16-5-6-17-11/h3-8H,9H2,1-2H3. The molecule has 0 atom stereocenters.